The van der Waals surface area contributed by atoms with Gasteiger partial charge in [0.2, 0.25) is 0 Å². The standard InChI is InChI=1S/C13H18N4O3S/c1-10-3-4-11(14)7-13(10)21(18,19)16-12-8-15-17(9-12)5-6-20-2/h3-4,7-9,16H,5-6,14H2,1-2H3. The Labute approximate surface area is 123 Å². The van der Waals surface area contributed by atoms with Gasteiger partial charge in [-0.15, -0.1) is 0 Å². The maximum Gasteiger partial charge on any atom is 0.262 e. The second-order valence-corrected chi connectivity index (χ2v) is 6.27. The summed E-state index contributed by atoms with van der Waals surface area (Å²) in [5.41, 5.74) is 7.08. The van der Waals surface area contributed by atoms with E-state index in [2.05, 4.69) is 9.82 Å². The van der Waals surface area contributed by atoms with E-state index in [4.69, 9.17) is 10.5 Å². The maximum atomic E-state index is 12.4. The lowest BCUT2D eigenvalue weighted by Gasteiger charge is -2.09. The molecule has 2 rings (SSSR count). The monoisotopic (exact) mass is 310 g/mol. The van der Waals surface area contributed by atoms with E-state index in [9.17, 15) is 8.42 Å². The molecule has 0 saturated carbocycles. The van der Waals surface area contributed by atoms with Crippen LogP contribution in [0.25, 0.3) is 0 Å². The van der Waals surface area contributed by atoms with Crippen LogP contribution in [-0.2, 0) is 21.3 Å². The molecule has 7 nitrogen and oxygen atoms in total. The topological polar surface area (TPSA) is 99.2 Å². The molecule has 0 aliphatic carbocycles. The smallest absolute Gasteiger partial charge is 0.262 e. The van der Waals surface area contributed by atoms with Gasteiger partial charge in [-0.2, -0.15) is 5.10 Å². The summed E-state index contributed by atoms with van der Waals surface area (Å²) in [6.45, 7) is 2.77. The predicted octanol–water partition coefficient (Wildman–Crippen LogP) is 1.22. The Hall–Kier alpha value is -2.06. The third kappa shape index (κ3) is 3.73. The Balaban J connectivity index is 2.21. The molecule has 0 spiro atoms. The van der Waals surface area contributed by atoms with E-state index in [1.165, 1.54) is 12.3 Å². The Morgan fingerprint density at radius 3 is 2.90 bits per heavy atom. The molecule has 21 heavy (non-hydrogen) atoms. The molecule has 1 aromatic heterocycles. The molecule has 0 saturated heterocycles. The van der Waals surface area contributed by atoms with Gasteiger partial charge < -0.3 is 10.5 Å². The van der Waals surface area contributed by atoms with Crippen LogP contribution in [-0.4, -0.2) is 31.9 Å². The molecular formula is C13H18N4O3S. The Kier molecular flexibility index (Phi) is 4.49. The van der Waals surface area contributed by atoms with Crippen LogP contribution in [0, 0.1) is 6.92 Å². The van der Waals surface area contributed by atoms with Crippen molar-refractivity contribution in [3.05, 3.63) is 36.2 Å². The highest BCUT2D eigenvalue weighted by atomic mass is 32.2. The predicted molar refractivity (Wildman–Crippen MR) is 80.5 cm³/mol. The summed E-state index contributed by atoms with van der Waals surface area (Å²) < 4.78 is 33.8. The van der Waals surface area contributed by atoms with Crippen molar-refractivity contribution < 1.29 is 13.2 Å². The first-order valence-corrected chi connectivity index (χ1v) is 7.81. The molecule has 0 atom stereocenters. The lowest BCUT2D eigenvalue weighted by atomic mass is 10.2. The molecule has 8 heteroatoms. The molecule has 1 heterocycles. The maximum absolute atomic E-state index is 12.4. The van der Waals surface area contributed by atoms with Gasteiger partial charge >= 0.3 is 0 Å². The zero-order valence-corrected chi connectivity index (χ0v) is 12.7. The van der Waals surface area contributed by atoms with Gasteiger partial charge in [0.15, 0.2) is 0 Å². The number of ether oxygens (including phenoxy) is 1. The summed E-state index contributed by atoms with van der Waals surface area (Å²) in [4.78, 5) is 0.159. The molecule has 1 aromatic carbocycles. The number of rotatable bonds is 6. The van der Waals surface area contributed by atoms with Crippen molar-refractivity contribution in [3.8, 4) is 0 Å². The van der Waals surface area contributed by atoms with Crippen LogP contribution in [0.5, 0.6) is 0 Å². The zero-order chi connectivity index (χ0) is 15.5. The van der Waals surface area contributed by atoms with E-state index >= 15 is 0 Å². The van der Waals surface area contributed by atoms with Gasteiger partial charge in [0, 0.05) is 19.0 Å². The third-order valence-corrected chi connectivity index (χ3v) is 4.43. The summed E-state index contributed by atoms with van der Waals surface area (Å²) in [6, 6.07) is 4.77. The van der Waals surface area contributed by atoms with Crippen LogP contribution in [0.2, 0.25) is 0 Å². The highest BCUT2D eigenvalue weighted by Crippen LogP contribution is 2.21. The van der Waals surface area contributed by atoms with Crippen molar-refractivity contribution in [3.63, 3.8) is 0 Å². The minimum absolute atomic E-state index is 0.159. The van der Waals surface area contributed by atoms with Gasteiger partial charge in [0.1, 0.15) is 0 Å². The number of nitrogens with zero attached hydrogens (tertiary/aromatic N) is 2. The number of benzene rings is 1. The molecule has 0 aliphatic heterocycles. The number of hydrogen-bond acceptors (Lipinski definition) is 5. The lowest BCUT2D eigenvalue weighted by Crippen LogP contribution is -2.14. The van der Waals surface area contributed by atoms with E-state index in [1.54, 1.807) is 37.0 Å². The van der Waals surface area contributed by atoms with Crippen LogP contribution in [0.4, 0.5) is 11.4 Å². The van der Waals surface area contributed by atoms with Gasteiger partial charge in [-0.25, -0.2) is 8.42 Å². The average Bonchev–Trinajstić information content (AvgIpc) is 2.86. The SMILES string of the molecule is COCCn1cc(NS(=O)(=O)c2cc(N)ccc2C)cn1. The molecule has 3 N–H and O–H groups in total. The summed E-state index contributed by atoms with van der Waals surface area (Å²) in [5.74, 6) is 0. The number of sulfonamides is 1. The van der Waals surface area contributed by atoms with Gasteiger partial charge in [-0.05, 0) is 24.6 Å². The number of aromatic nitrogens is 2. The number of nitrogen functional groups attached to an aromatic ring is 1. The largest absolute Gasteiger partial charge is 0.399 e. The summed E-state index contributed by atoms with van der Waals surface area (Å²) >= 11 is 0. The third-order valence-electron chi connectivity index (χ3n) is 2.91. The fourth-order valence-corrected chi connectivity index (χ4v) is 3.15. The second-order valence-electron chi connectivity index (χ2n) is 4.62. The molecule has 0 radical (unpaired) electrons. The van der Waals surface area contributed by atoms with E-state index in [1.807, 2.05) is 0 Å². The molecule has 0 unspecified atom stereocenters. The highest BCUT2D eigenvalue weighted by Gasteiger charge is 2.18. The molecule has 114 valence electrons. The molecule has 0 fully saturated rings. The molecule has 0 bridgehead atoms. The second kappa shape index (κ2) is 6.15. The first-order chi connectivity index (χ1) is 9.92. The number of anilines is 2. The Morgan fingerprint density at radius 1 is 1.43 bits per heavy atom. The van der Waals surface area contributed by atoms with Crippen molar-refractivity contribution in [1.82, 2.24) is 9.78 Å². The fourth-order valence-electron chi connectivity index (χ4n) is 1.84. The lowest BCUT2D eigenvalue weighted by molar-refractivity contribution is 0.183. The van der Waals surface area contributed by atoms with Crippen molar-refractivity contribution in [1.29, 1.82) is 0 Å². The van der Waals surface area contributed by atoms with Gasteiger partial charge in [-0.3, -0.25) is 9.40 Å². The zero-order valence-electron chi connectivity index (χ0n) is 11.9. The average molecular weight is 310 g/mol. The molecule has 0 amide bonds. The van der Waals surface area contributed by atoms with Crippen LogP contribution < -0.4 is 10.5 Å². The van der Waals surface area contributed by atoms with Crippen LogP contribution in [0.15, 0.2) is 35.5 Å². The quantitative estimate of drug-likeness (QED) is 0.782. The number of nitrogens with two attached hydrogens (primary N) is 1. The first-order valence-electron chi connectivity index (χ1n) is 6.33. The molecule has 2 aromatic rings. The molecule has 0 aliphatic rings. The van der Waals surface area contributed by atoms with Crippen LogP contribution in [0.3, 0.4) is 0 Å². The summed E-state index contributed by atoms with van der Waals surface area (Å²) in [5, 5.41) is 4.06. The number of nitrogens with one attached hydrogen (secondary N) is 1. The minimum atomic E-state index is -3.69. The van der Waals surface area contributed by atoms with Gasteiger partial charge in [0.25, 0.3) is 10.0 Å². The van der Waals surface area contributed by atoms with Crippen molar-refractivity contribution in [2.45, 2.75) is 18.4 Å². The normalized spacial score (nSPS) is 11.5. The van der Waals surface area contributed by atoms with Crippen LogP contribution >= 0.6 is 0 Å². The van der Waals surface area contributed by atoms with E-state index < -0.39 is 10.0 Å². The minimum Gasteiger partial charge on any atom is -0.399 e. The number of aryl methyl sites for hydroxylation is 1. The van der Waals surface area contributed by atoms with Crippen molar-refractivity contribution in [2.75, 3.05) is 24.2 Å². The first kappa shape index (κ1) is 15.3. The Bertz CT molecular complexity index is 725. The van der Waals surface area contributed by atoms with E-state index in [0.29, 0.717) is 30.1 Å². The van der Waals surface area contributed by atoms with Gasteiger partial charge in [0.05, 0.1) is 29.9 Å². The summed E-state index contributed by atoms with van der Waals surface area (Å²) in [7, 11) is -2.10. The van der Waals surface area contributed by atoms with Crippen molar-refractivity contribution >= 4 is 21.4 Å². The van der Waals surface area contributed by atoms with Crippen molar-refractivity contribution in [2.24, 2.45) is 0 Å². The molecular weight excluding hydrogens is 292 g/mol. The summed E-state index contributed by atoms with van der Waals surface area (Å²) in [6.07, 6.45) is 3.06. The fraction of sp³-hybridized carbons (Fsp3) is 0.308. The van der Waals surface area contributed by atoms with Crippen LogP contribution in [0.1, 0.15) is 5.56 Å². The Morgan fingerprint density at radius 2 is 2.19 bits per heavy atom. The van der Waals surface area contributed by atoms with E-state index in [0.717, 1.165) is 0 Å². The highest BCUT2D eigenvalue weighted by molar-refractivity contribution is 7.92. The van der Waals surface area contributed by atoms with E-state index in [-0.39, 0.29) is 4.90 Å². The van der Waals surface area contributed by atoms with Gasteiger partial charge in [-0.1, -0.05) is 6.07 Å². The number of hydrogen-bond donors (Lipinski definition) is 2. The number of methoxy groups -OCH3 is 1.